The number of nitrogens with zero attached hydrogens (tertiary/aromatic N) is 1. The molecule has 4 heteroatoms. The Labute approximate surface area is 126 Å². The molecule has 1 aromatic carbocycles. The van der Waals surface area contributed by atoms with E-state index >= 15 is 0 Å². The molecule has 1 aliphatic heterocycles. The minimum atomic E-state index is 0.0945. The summed E-state index contributed by atoms with van der Waals surface area (Å²) in [6.45, 7) is 4.00. The molecule has 1 N–H and O–H groups in total. The normalized spacial score (nSPS) is 20.5. The van der Waals surface area contributed by atoms with Crippen molar-refractivity contribution in [3.05, 3.63) is 30.3 Å². The summed E-state index contributed by atoms with van der Waals surface area (Å²) in [6.07, 6.45) is 4.26. The van der Waals surface area contributed by atoms with Crippen LogP contribution >= 0.6 is 11.8 Å². The first-order valence-corrected chi connectivity index (χ1v) is 8.69. The minimum Gasteiger partial charge on any atom is -0.369 e. The Balaban J connectivity index is 1.89. The molecule has 1 aliphatic rings. The van der Waals surface area contributed by atoms with E-state index in [1.807, 2.05) is 19.2 Å². The Bertz CT molecular complexity index is 424. The molecule has 20 heavy (non-hydrogen) atoms. The van der Waals surface area contributed by atoms with Crippen molar-refractivity contribution in [3.63, 3.8) is 0 Å². The number of nitrogens with one attached hydrogen (secondary N) is 1. The second-order valence-electron chi connectivity index (χ2n) is 5.49. The third-order valence-electron chi connectivity index (χ3n) is 3.75. The molecule has 2 atom stereocenters. The fourth-order valence-corrected chi connectivity index (χ4v) is 3.29. The van der Waals surface area contributed by atoms with E-state index in [0.717, 1.165) is 31.7 Å². The average Bonchev–Trinajstić information content (AvgIpc) is 2.48. The van der Waals surface area contributed by atoms with E-state index in [2.05, 4.69) is 34.5 Å². The largest absolute Gasteiger partial charge is 0.369 e. The van der Waals surface area contributed by atoms with E-state index in [1.165, 1.54) is 5.69 Å². The minimum absolute atomic E-state index is 0.0945. The Kier molecular flexibility index (Phi) is 5.77. The number of benzene rings is 1. The van der Waals surface area contributed by atoms with Gasteiger partial charge in [0.2, 0.25) is 5.91 Å². The molecule has 0 bridgehead atoms. The van der Waals surface area contributed by atoms with E-state index in [0.29, 0.717) is 0 Å². The van der Waals surface area contributed by atoms with Crippen molar-refractivity contribution < 1.29 is 4.79 Å². The average molecular weight is 292 g/mol. The van der Waals surface area contributed by atoms with Crippen molar-refractivity contribution in [2.75, 3.05) is 30.0 Å². The molecule has 0 radical (unpaired) electrons. The number of carbonyl (C=O) groups excluding carboxylic acids is 1. The number of carbonyl (C=O) groups is 1. The van der Waals surface area contributed by atoms with Gasteiger partial charge in [0.25, 0.3) is 0 Å². The van der Waals surface area contributed by atoms with Gasteiger partial charge in [-0.15, -0.1) is 0 Å². The Morgan fingerprint density at radius 3 is 2.90 bits per heavy atom. The third-order valence-corrected chi connectivity index (χ3v) is 4.59. The molecule has 0 aromatic heterocycles. The maximum absolute atomic E-state index is 12.1. The van der Waals surface area contributed by atoms with Crippen LogP contribution in [0.3, 0.4) is 0 Å². The smallest absolute Gasteiger partial charge is 0.223 e. The van der Waals surface area contributed by atoms with Crippen LogP contribution in [0.5, 0.6) is 0 Å². The second kappa shape index (κ2) is 7.58. The van der Waals surface area contributed by atoms with Crippen LogP contribution in [0.1, 0.15) is 19.8 Å². The molecule has 1 fully saturated rings. The molecule has 0 unspecified atom stereocenters. The number of rotatable bonds is 5. The summed E-state index contributed by atoms with van der Waals surface area (Å²) in [5.41, 5.74) is 1.25. The van der Waals surface area contributed by atoms with Crippen LogP contribution < -0.4 is 10.2 Å². The molecule has 2 rings (SSSR count). The number of hydrogen-bond donors (Lipinski definition) is 1. The zero-order valence-electron chi connectivity index (χ0n) is 12.3. The summed E-state index contributed by atoms with van der Waals surface area (Å²) in [7, 11) is 0. The van der Waals surface area contributed by atoms with E-state index < -0.39 is 0 Å². The summed E-state index contributed by atoms with van der Waals surface area (Å²) >= 11 is 1.73. The fraction of sp³-hybridized carbons (Fsp3) is 0.562. The first kappa shape index (κ1) is 15.2. The molecule has 0 saturated carbocycles. The van der Waals surface area contributed by atoms with Crippen molar-refractivity contribution >= 4 is 23.4 Å². The predicted octanol–water partition coefficient (Wildman–Crippen LogP) is 2.77. The van der Waals surface area contributed by atoms with Crippen LogP contribution in [-0.4, -0.2) is 37.0 Å². The molecular weight excluding hydrogens is 268 g/mol. The fourth-order valence-electron chi connectivity index (χ4n) is 2.64. The molecule has 1 aromatic rings. The van der Waals surface area contributed by atoms with Gasteiger partial charge >= 0.3 is 0 Å². The predicted molar refractivity (Wildman–Crippen MR) is 87.4 cm³/mol. The van der Waals surface area contributed by atoms with Gasteiger partial charge in [0.15, 0.2) is 0 Å². The van der Waals surface area contributed by atoms with Crippen LogP contribution in [-0.2, 0) is 4.79 Å². The van der Waals surface area contributed by atoms with Gasteiger partial charge in [-0.05, 0) is 31.2 Å². The maximum atomic E-state index is 12.1. The molecule has 1 amide bonds. The first-order valence-electron chi connectivity index (χ1n) is 7.30. The Morgan fingerprint density at radius 1 is 1.45 bits per heavy atom. The van der Waals surface area contributed by atoms with Gasteiger partial charge in [0.05, 0.1) is 0 Å². The lowest BCUT2D eigenvalue weighted by molar-refractivity contribution is -0.124. The third kappa shape index (κ3) is 4.17. The molecule has 0 spiro atoms. The zero-order chi connectivity index (χ0) is 14.4. The van der Waals surface area contributed by atoms with Crippen LogP contribution in [0, 0.1) is 5.92 Å². The summed E-state index contributed by atoms with van der Waals surface area (Å²) < 4.78 is 0. The lowest BCUT2D eigenvalue weighted by Crippen LogP contribution is -2.49. The summed E-state index contributed by atoms with van der Waals surface area (Å²) in [4.78, 5) is 14.5. The van der Waals surface area contributed by atoms with Gasteiger partial charge in [-0.1, -0.05) is 25.1 Å². The van der Waals surface area contributed by atoms with Crippen LogP contribution in [0.4, 0.5) is 5.69 Å². The monoisotopic (exact) mass is 292 g/mol. The molecule has 3 nitrogen and oxygen atoms in total. The topological polar surface area (TPSA) is 32.3 Å². The molecule has 0 aliphatic carbocycles. The second-order valence-corrected chi connectivity index (χ2v) is 6.40. The number of anilines is 1. The van der Waals surface area contributed by atoms with Gasteiger partial charge < -0.3 is 10.2 Å². The van der Waals surface area contributed by atoms with Crippen LogP contribution in [0.15, 0.2) is 30.3 Å². The van der Waals surface area contributed by atoms with Gasteiger partial charge in [0, 0.05) is 36.5 Å². The molecular formula is C16H24N2OS. The van der Waals surface area contributed by atoms with Crippen molar-refractivity contribution in [1.82, 2.24) is 5.32 Å². The molecule has 1 heterocycles. The van der Waals surface area contributed by atoms with Gasteiger partial charge in [-0.3, -0.25) is 4.79 Å². The highest BCUT2D eigenvalue weighted by Crippen LogP contribution is 2.19. The van der Waals surface area contributed by atoms with Crippen molar-refractivity contribution in [3.8, 4) is 0 Å². The SMILES string of the molecule is CSC[C@H](C)C(=O)N[C@H]1CCCN(c2ccccc2)C1. The number of thioether (sulfide) groups is 1. The quantitative estimate of drug-likeness (QED) is 0.906. The zero-order valence-corrected chi connectivity index (χ0v) is 13.2. The van der Waals surface area contributed by atoms with Crippen LogP contribution in [0.25, 0.3) is 0 Å². The van der Waals surface area contributed by atoms with Crippen molar-refractivity contribution in [2.45, 2.75) is 25.8 Å². The summed E-state index contributed by atoms with van der Waals surface area (Å²) in [5, 5.41) is 3.21. The maximum Gasteiger partial charge on any atom is 0.223 e. The van der Waals surface area contributed by atoms with E-state index in [1.54, 1.807) is 11.8 Å². The van der Waals surface area contributed by atoms with E-state index in [9.17, 15) is 4.79 Å². The standard InChI is InChI=1S/C16H24N2OS/c1-13(12-20-2)16(19)17-14-7-6-10-18(11-14)15-8-4-3-5-9-15/h3-5,8-9,13-14H,6-7,10-12H2,1-2H3,(H,17,19)/t13-,14-/m0/s1. The van der Waals surface area contributed by atoms with E-state index in [-0.39, 0.29) is 17.9 Å². The number of piperidine rings is 1. The number of amides is 1. The first-order chi connectivity index (χ1) is 9.70. The van der Waals surface area contributed by atoms with Gasteiger partial charge in [-0.2, -0.15) is 11.8 Å². The number of hydrogen-bond acceptors (Lipinski definition) is 3. The molecule has 110 valence electrons. The highest BCUT2D eigenvalue weighted by atomic mass is 32.2. The van der Waals surface area contributed by atoms with E-state index in [4.69, 9.17) is 0 Å². The van der Waals surface area contributed by atoms with Crippen molar-refractivity contribution in [1.29, 1.82) is 0 Å². The van der Waals surface area contributed by atoms with Gasteiger partial charge in [-0.25, -0.2) is 0 Å². The highest BCUT2D eigenvalue weighted by molar-refractivity contribution is 7.98. The Hall–Kier alpha value is -1.16. The highest BCUT2D eigenvalue weighted by Gasteiger charge is 2.23. The Morgan fingerprint density at radius 2 is 2.20 bits per heavy atom. The number of para-hydroxylation sites is 1. The summed E-state index contributed by atoms with van der Waals surface area (Å²) in [6, 6.07) is 10.7. The van der Waals surface area contributed by atoms with Gasteiger partial charge in [0.1, 0.15) is 0 Å². The van der Waals surface area contributed by atoms with Crippen LogP contribution in [0.2, 0.25) is 0 Å². The molecule has 1 saturated heterocycles. The summed E-state index contributed by atoms with van der Waals surface area (Å²) in [5.74, 6) is 1.18. The lowest BCUT2D eigenvalue weighted by atomic mass is 10.0. The van der Waals surface area contributed by atoms with Crippen molar-refractivity contribution in [2.24, 2.45) is 5.92 Å². The lowest BCUT2D eigenvalue weighted by Gasteiger charge is -2.35.